The Morgan fingerprint density at radius 1 is 1.35 bits per heavy atom. The van der Waals surface area contributed by atoms with Crippen molar-refractivity contribution < 1.29 is 5.11 Å². The van der Waals surface area contributed by atoms with Gasteiger partial charge in [-0.2, -0.15) is 0 Å². The molecule has 2 fully saturated rings. The lowest BCUT2D eigenvalue weighted by atomic mass is 9.84. The second-order valence-corrected chi connectivity index (χ2v) is 5.89. The number of aliphatic hydroxyl groups excluding tert-OH is 1. The summed E-state index contributed by atoms with van der Waals surface area (Å²) in [5, 5.41) is 10.2. The second kappa shape index (κ2) is 4.77. The molecule has 0 aromatic carbocycles. The standard InChI is InChI=1S/C15H21NO/c17-15(8-12-2-1-5-16-10-12)9-14-7-11-3-4-13(14)6-11/h1-2,5,10-11,13-15,17H,3-4,6-9H2. The Bertz CT molecular complexity index is 364. The normalized spacial score (nSPS) is 32.9. The summed E-state index contributed by atoms with van der Waals surface area (Å²) in [6.45, 7) is 0. The van der Waals surface area contributed by atoms with Gasteiger partial charge >= 0.3 is 0 Å². The number of pyridine rings is 1. The summed E-state index contributed by atoms with van der Waals surface area (Å²) in [5.74, 6) is 2.69. The molecular weight excluding hydrogens is 210 g/mol. The lowest BCUT2D eigenvalue weighted by molar-refractivity contribution is 0.124. The van der Waals surface area contributed by atoms with Crippen molar-refractivity contribution >= 4 is 0 Å². The van der Waals surface area contributed by atoms with Crippen LogP contribution in [0.2, 0.25) is 0 Å². The molecule has 3 rings (SSSR count). The smallest absolute Gasteiger partial charge is 0.0583 e. The van der Waals surface area contributed by atoms with E-state index in [4.69, 9.17) is 0 Å². The highest BCUT2D eigenvalue weighted by Gasteiger charge is 2.39. The molecular formula is C15H21NO. The molecule has 17 heavy (non-hydrogen) atoms. The summed E-state index contributed by atoms with van der Waals surface area (Å²) in [7, 11) is 0. The molecule has 4 unspecified atom stereocenters. The fourth-order valence-corrected chi connectivity index (χ4v) is 3.89. The maximum Gasteiger partial charge on any atom is 0.0583 e. The third kappa shape index (κ3) is 2.52. The maximum absolute atomic E-state index is 10.2. The van der Waals surface area contributed by atoms with Gasteiger partial charge in [-0.1, -0.05) is 12.5 Å². The van der Waals surface area contributed by atoms with Crippen molar-refractivity contribution in [1.82, 2.24) is 4.98 Å². The molecule has 2 saturated carbocycles. The summed E-state index contributed by atoms with van der Waals surface area (Å²) >= 11 is 0. The van der Waals surface area contributed by atoms with E-state index >= 15 is 0 Å². The van der Waals surface area contributed by atoms with Crippen LogP contribution in [0.3, 0.4) is 0 Å². The van der Waals surface area contributed by atoms with E-state index in [0.717, 1.165) is 36.2 Å². The maximum atomic E-state index is 10.2. The average Bonchev–Trinajstić information content (AvgIpc) is 2.92. The first-order chi connectivity index (χ1) is 8.31. The van der Waals surface area contributed by atoms with Crippen molar-refractivity contribution in [2.45, 2.75) is 44.6 Å². The van der Waals surface area contributed by atoms with E-state index in [0.29, 0.717) is 0 Å². The number of nitrogens with zero attached hydrogens (tertiary/aromatic N) is 1. The molecule has 0 aliphatic heterocycles. The summed E-state index contributed by atoms with van der Waals surface area (Å²) in [6, 6.07) is 4.00. The van der Waals surface area contributed by atoms with E-state index in [1.807, 2.05) is 12.3 Å². The second-order valence-electron chi connectivity index (χ2n) is 5.89. The van der Waals surface area contributed by atoms with Gasteiger partial charge < -0.3 is 5.11 Å². The van der Waals surface area contributed by atoms with Gasteiger partial charge in [0.05, 0.1) is 6.10 Å². The first-order valence-corrected chi connectivity index (χ1v) is 6.88. The van der Waals surface area contributed by atoms with Gasteiger partial charge in [-0.3, -0.25) is 4.98 Å². The van der Waals surface area contributed by atoms with Crippen molar-refractivity contribution in [1.29, 1.82) is 0 Å². The number of hydrogen-bond donors (Lipinski definition) is 1. The van der Waals surface area contributed by atoms with Crippen LogP contribution in [-0.2, 0) is 6.42 Å². The van der Waals surface area contributed by atoms with Gasteiger partial charge in [-0.15, -0.1) is 0 Å². The van der Waals surface area contributed by atoms with Gasteiger partial charge in [-0.05, 0) is 61.5 Å². The van der Waals surface area contributed by atoms with Crippen LogP contribution < -0.4 is 0 Å². The summed E-state index contributed by atoms with van der Waals surface area (Å²) in [6.07, 6.45) is 10.9. The molecule has 2 bridgehead atoms. The minimum atomic E-state index is -0.177. The summed E-state index contributed by atoms with van der Waals surface area (Å²) in [4.78, 5) is 4.10. The van der Waals surface area contributed by atoms with Gasteiger partial charge in [0, 0.05) is 12.4 Å². The van der Waals surface area contributed by atoms with Crippen molar-refractivity contribution in [2.24, 2.45) is 17.8 Å². The fraction of sp³-hybridized carbons (Fsp3) is 0.667. The number of hydrogen-bond acceptors (Lipinski definition) is 2. The van der Waals surface area contributed by atoms with Crippen molar-refractivity contribution in [3.8, 4) is 0 Å². The van der Waals surface area contributed by atoms with Gasteiger partial charge in [0.25, 0.3) is 0 Å². The number of aliphatic hydroxyl groups is 1. The minimum absolute atomic E-state index is 0.177. The average molecular weight is 231 g/mol. The Labute approximate surface area is 103 Å². The number of fused-ring (bicyclic) bond motifs is 2. The van der Waals surface area contributed by atoms with Gasteiger partial charge in [0.15, 0.2) is 0 Å². The number of aromatic nitrogens is 1. The molecule has 1 aromatic heterocycles. The summed E-state index contributed by atoms with van der Waals surface area (Å²) < 4.78 is 0. The highest BCUT2D eigenvalue weighted by Crippen LogP contribution is 2.49. The Morgan fingerprint density at radius 3 is 2.94 bits per heavy atom. The van der Waals surface area contributed by atoms with Crippen molar-refractivity contribution in [3.05, 3.63) is 30.1 Å². The largest absolute Gasteiger partial charge is 0.393 e. The SMILES string of the molecule is OC(Cc1cccnc1)CC1CC2CCC1C2. The van der Waals surface area contributed by atoms with E-state index in [9.17, 15) is 5.11 Å². The van der Waals surface area contributed by atoms with E-state index in [2.05, 4.69) is 11.1 Å². The molecule has 0 saturated heterocycles. The monoisotopic (exact) mass is 231 g/mol. The third-order valence-electron chi connectivity index (χ3n) is 4.65. The first-order valence-electron chi connectivity index (χ1n) is 6.88. The van der Waals surface area contributed by atoms with Gasteiger partial charge in [0.1, 0.15) is 0 Å². The highest BCUT2D eigenvalue weighted by atomic mass is 16.3. The topological polar surface area (TPSA) is 33.1 Å². The zero-order valence-electron chi connectivity index (χ0n) is 10.3. The molecule has 2 aliphatic carbocycles. The molecule has 4 atom stereocenters. The Morgan fingerprint density at radius 2 is 2.29 bits per heavy atom. The van der Waals surface area contributed by atoms with E-state index < -0.39 is 0 Å². The molecule has 1 N–H and O–H groups in total. The van der Waals surface area contributed by atoms with Gasteiger partial charge in [-0.25, -0.2) is 0 Å². The molecule has 0 spiro atoms. The van der Waals surface area contributed by atoms with E-state index in [1.54, 1.807) is 6.20 Å². The van der Waals surface area contributed by atoms with Crippen LogP contribution in [0.4, 0.5) is 0 Å². The quantitative estimate of drug-likeness (QED) is 0.864. The highest BCUT2D eigenvalue weighted by molar-refractivity contribution is 5.09. The van der Waals surface area contributed by atoms with Crippen LogP contribution in [-0.4, -0.2) is 16.2 Å². The first kappa shape index (κ1) is 11.2. The Balaban J connectivity index is 1.52. The molecule has 1 aromatic rings. The van der Waals surface area contributed by atoms with Crippen molar-refractivity contribution in [2.75, 3.05) is 0 Å². The van der Waals surface area contributed by atoms with Crippen LogP contribution in [0, 0.1) is 17.8 Å². The molecule has 0 amide bonds. The zero-order valence-corrected chi connectivity index (χ0v) is 10.3. The third-order valence-corrected chi connectivity index (χ3v) is 4.65. The van der Waals surface area contributed by atoms with E-state index in [1.165, 1.54) is 25.7 Å². The Hall–Kier alpha value is -0.890. The fourth-order valence-electron chi connectivity index (χ4n) is 3.89. The lowest BCUT2D eigenvalue weighted by Gasteiger charge is -2.24. The molecule has 92 valence electrons. The van der Waals surface area contributed by atoms with Crippen LogP contribution in [0.5, 0.6) is 0 Å². The van der Waals surface area contributed by atoms with Crippen LogP contribution in [0.1, 0.15) is 37.7 Å². The predicted octanol–water partition coefficient (Wildman–Crippen LogP) is 2.81. The molecule has 2 heteroatoms. The van der Waals surface area contributed by atoms with Crippen molar-refractivity contribution in [3.63, 3.8) is 0 Å². The lowest BCUT2D eigenvalue weighted by Crippen LogP contribution is -2.20. The molecule has 1 heterocycles. The van der Waals surface area contributed by atoms with E-state index in [-0.39, 0.29) is 6.10 Å². The van der Waals surface area contributed by atoms with Gasteiger partial charge in [0.2, 0.25) is 0 Å². The molecule has 0 radical (unpaired) electrons. The predicted molar refractivity (Wildman–Crippen MR) is 67.5 cm³/mol. The summed E-state index contributed by atoms with van der Waals surface area (Å²) in [5.41, 5.74) is 1.16. The number of rotatable bonds is 4. The van der Waals surface area contributed by atoms with Crippen LogP contribution in [0.25, 0.3) is 0 Å². The molecule has 2 aliphatic rings. The van der Waals surface area contributed by atoms with Crippen LogP contribution >= 0.6 is 0 Å². The van der Waals surface area contributed by atoms with Crippen LogP contribution in [0.15, 0.2) is 24.5 Å². The minimum Gasteiger partial charge on any atom is -0.393 e. The molecule has 2 nitrogen and oxygen atoms in total. The zero-order chi connectivity index (χ0) is 11.7. The Kier molecular flexibility index (Phi) is 3.15.